The zero-order valence-corrected chi connectivity index (χ0v) is 18.3. The Morgan fingerprint density at radius 2 is 1.94 bits per heavy atom. The lowest BCUT2D eigenvalue weighted by Crippen LogP contribution is -2.49. The average molecular weight is 449 g/mol. The first kappa shape index (κ1) is 24.1. The summed E-state index contributed by atoms with van der Waals surface area (Å²) in [6, 6.07) is 7.88. The van der Waals surface area contributed by atoms with Crippen LogP contribution < -0.4 is 11.2 Å². The van der Waals surface area contributed by atoms with E-state index >= 15 is 0 Å². The van der Waals surface area contributed by atoms with Crippen LogP contribution in [-0.2, 0) is 19.2 Å². The van der Waals surface area contributed by atoms with Gasteiger partial charge in [0.05, 0.1) is 24.3 Å². The van der Waals surface area contributed by atoms with Gasteiger partial charge in [-0.1, -0.05) is 24.3 Å². The molecule has 0 spiro atoms. The zero-order valence-electron chi connectivity index (χ0n) is 18.3. The summed E-state index contributed by atoms with van der Waals surface area (Å²) in [4.78, 5) is 34.0. The van der Waals surface area contributed by atoms with Crippen molar-refractivity contribution in [2.75, 3.05) is 32.8 Å². The molecule has 2 aliphatic heterocycles. The predicted molar refractivity (Wildman–Crippen MR) is 117 cm³/mol. The number of aliphatic carboxylic acids is 2. The zero-order chi connectivity index (χ0) is 23.1. The molecule has 2 saturated heterocycles. The highest BCUT2D eigenvalue weighted by atomic mass is 16.7. The van der Waals surface area contributed by atoms with Gasteiger partial charge in [-0.2, -0.15) is 5.48 Å². The second kappa shape index (κ2) is 10.9. The summed E-state index contributed by atoms with van der Waals surface area (Å²) in [5.74, 6) is -1.38. The van der Waals surface area contributed by atoms with Gasteiger partial charge in [-0.15, -0.1) is 0 Å². The number of amidine groups is 1. The summed E-state index contributed by atoms with van der Waals surface area (Å²) < 4.78 is 5.84. The van der Waals surface area contributed by atoms with E-state index in [0.29, 0.717) is 44.7 Å². The number of carbonyl (C=O) groups is 2. The number of ether oxygens (including phenoxy) is 1. The third-order valence-electron chi connectivity index (χ3n) is 6.04. The third-order valence-corrected chi connectivity index (χ3v) is 6.04. The summed E-state index contributed by atoms with van der Waals surface area (Å²) in [5.41, 5.74) is 10.3. The normalized spacial score (nSPS) is 23.8. The van der Waals surface area contributed by atoms with Crippen LogP contribution in [-0.4, -0.2) is 77.4 Å². The Morgan fingerprint density at radius 1 is 1.25 bits per heavy atom. The fourth-order valence-corrected chi connectivity index (χ4v) is 4.36. The van der Waals surface area contributed by atoms with Gasteiger partial charge in [0, 0.05) is 31.6 Å². The molecule has 2 aliphatic rings. The van der Waals surface area contributed by atoms with Crippen LogP contribution in [0.5, 0.6) is 0 Å². The Labute approximate surface area is 187 Å². The van der Waals surface area contributed by atoms with Gasteiger partial charge in [0.25, 0.3) is 0 Å². The molecule has 0 aliphatic carbocycles. The molecular weight excluding hydrogens is 416 g/mol. The van der Waals surface area contributed by atoms with E-state index < -0.39 is 17.5 Å². The molecule has 2 unspecified atom stereocenters. The molecule has 3 rings (SSSR count). The van der Waals surface area contributed by atoms with Crippen LogP contribution in [0.1, 0.15) is 49.8 Å². The summed E-state index contributed by atoms with van der Waals surface area (Å²) in [6.45, 7) is 3.24. The lowest BCUT2D eigenvalue weighted by molar-refractivity contribution is -0.159. The summed E-state index contributed by atoms with van der Waals surface area (Å²) >= 11 is 0. The quantitative estimate of drug-likeness (QED) is 0.306. The van der Waals surface area contributed by atoms with Crippen molar-refractivity contribution in [2.45, 2.75) is 50.4 Å². The number of nitrogens with one attached hydrogen (secondary N) is 1. The van der Waals surface area contributed by atoms with Gasteiger partial charge in [0.15, 0.2) is 0 Å². The topological polar surface area (TPSA) is 147 Å². The summed E-state index contributed by atoms with van der Waals surface area (Å²) in [7, 11) is 0. The fourth-order valence-electron chi connectivity index (χ4n) is 4.36. The molecule has 2 atom stereocenters. The van der Waals surface area contributed by atoms with Crippen LogP contribution in [0.3, 0.4) is 0 Å². The first-order chi connectivity index (χ1) is 15.3. The molecule has 10 heteroatoms. The van der Waals surface area contributed by atoms with E-state index in [1.54, 1.807) is 0 Å². The van der Waals surface area contributed by atoms with Crippen molar-refractivity contribution in [3.63, 3.8) is 0 Å². The molecule has 0 bridgehead atoms. The second-order valence-corrected chi connectivity index (χ2v) is 8.37. The number of likely N-dealkylation sites (tertiary alicyclic amines) is 1. The SMILES string of the molecule is CCN=C(N)c1ccc(C2CC(CC3(OCC(=O)O)CCN(CC(=O)O)CC3)ON2)cc1. The van der Waals surface area contributed by atoms with Crippen LogP contribution in [0, 0.1) is 0 Å². The molecule has 0 aromatic heterocycles. The van der Waals surface area contributed by atoms with Gasteiger partial charge >= 0.3 is 11.9 Å². The van der Waals surface area contributed by atoms with E-state index in [1.807, 2.05) is 36.1 Å². The molecule has 0 amide bonds. The number of carboxylic acid groups (broad SMARTS) is 2. The van der Waals surface area contributed by atoms with Gasteiger partial charge in [0.2, 0.25) is 0 Å². The molecule has 5 N–H and O–H groups in total. The molecule has 32 heavy (non-hydrogen) atoms. The number of carboxylic acids is 2. The van der Waals surface area contributed by atoms with Crippen molar-refractivity contribution in [2.24, 2.45) is 10.7 Å². The van der Waals surface area contributed by atoms with Gasteiger partial charge in [0.1, 0.15) is 12.4 Å². The fraction of sp³-hybridized carbons (Fsp3) is 0.591. The Bertz CT molecular complexity index is 820. The van der Waals surface area contributed by atoms with E-state index in [9.17, 15) is 9.59 Å². The average Bonchev–Trinajstić information content (AvgIpc) is 3.22. The van der Waals surface area contributed by atoms with Crippen molar-refractivity contribution in [3.8, 4) is 0 Å². The third kappa shape index (κ3) is 6.49. The lowest BCUT2D eigenvalue weighted by atomic mass is 9.84. The molecule has 1 aromatic carbocycles. The molecule has 2 fully saturated rings. The van der Waals surface area contributed by atoms with Gasteiger partial charge in [-0.3, -0.25) is 19.5 Å². The van der Waals surface area contributed by atoms with E-state index in [2.05, 4.69) is 10.5 Å². The highest BCUT2D eigenvalue weighted by Gasteiger charge is 2.41. The first-order valence-electron chi connectivity index (χ1n) is 10.9. The summed E-state index contributed by atoms with van der Waals surface area (Å²) in [5, 5.41) is 18.1. The number of nitrogens with two attached hydrogens (primary N) is 1. The van der Waals surface area contributed by atoms with Crippen LogP contribution in [0.4, 0.5) is 0 Å². The van der Waals surface area contributed by atoms with Crippen LogP contribution in [0.25, 0.3) is 0 Å². The number of hydrogen-bond acceptors (Lipinski definition) is 7. The number of hydrogen-bond donors (Lipinski definition) is 4. The van der Waals surface area contributed by atoms with Crippen LogP contribution in [0.15, 0.2) is 29.3 Å². The Balaban J connectivity index is 1.61. The maximum atomic E-state index is 11.1. The predicted octanol–water partition coefficient (Wildman–Crippen LogP) is 1.16. The van der Waals surface area contributed by atoms with Crippen LogP contribution >= 0.6 is 0 Å². The molecule has 1 aromatic rings. The highest BCUT2D eigenvalue weighted by Crippen LogP contribution is 2.36. The smallest absolute Gasteiger partial charge is 0.329 e. The number of rotatable bonds is 10. The number of aliphatic imine (C=N–C) groups is 1. The van der Waals surface area contributed by atoms with E-state index in [4.69, 9.17) is 25.5 Å². The molecule has 10 nitrogen and oxygen atoms in total. The number of nitrogens with zero attached hydrogens (tertiary/aromatic N) is 2. The molecule has 0 radical (unpaired) electrons. The second-order valence-electron chi connectivity index (χ2n) is 8.37. The van der Waals surface area contributed by atoms with E-state index in [0.717, 1.165) is 17.5 Å². The standard InChI is InChI=1S/C22H32N4O6/c1-2-24-21(23)16-5-3-15(4-6-16)18-11-17(32-25-18)12-22(31-14-20(29)30)7-9-26(10-8-22)13-19(27)28/h3-6,17-18,25H,2,7-14H2,1H3,(H2,23,24)(H,27,28)(H,29,30). The maximum absolute atomic E-state index is 11.1. The lowest BCUT2D eigenvalue weighted by Gasteiger charge is -2.42. The molecule has 2 heterocycles. The Hall–Kier alpha value is -2.53. The highest BCUT2D eigenvalue weighted by molar-refractivity contribution is 5.97. The first-order valence-corrected chi connectivity index (χ1v) is 10.9. The van der Waals surface area contributed by atoms with Crippen LogP contribution in [0.2, 0.25) is 0 Å². The minimum atomic E-state index is -1.02. The Morgan fingerprint density at radius 3 is 2.53 bits per heavy atom. The van der Waals surface area contributed by atoms with Crippen molar-refractivity contribution < 1.29 is 29.4 Å². The van der Waals surface area contributed by atoms with E-state index in [1.165, 1.54) is 0 Å². The van der Waals surface area contributed by atoms with Crippen molar-refractivity contribution in [1.82, 2.24) is 10.4 Å². The summed E-state index contributed by atoms with van der Waals surface area (Å²) in [6.07, 6.45) is 2.23. The number of benzene rings is 1. The van der Waals surface area contributed by atoms with Gasteiger partial charge in [-0.25, -0.2) is 4.79 Å². The Kier molecular flexibility index (Phi) is 8.19. The van der Waals surface area contributed by atoms with Crippen molar-refractivity contribution in [1.29, 1.82) is 0 Å². The number of hydroxylamine groups is 1. The van der Waals surface area contributed by atoms with E-state index in [-0.39, 0.29) is 25.3 Å². The maximum Gasteiger partial charge on any atom is 0.329 e. The molecule has 176 valence electrons. The van der Waals surface area contributed by atoms with Gasteiger partial charge < -0.3 is 20.7 Å². The minimum Gasteiger partial charge on any atom is -0.480 e. The van der Waals surface area contributed by atoms with Crippen molar-refractivity contribution >= 4 is 17.8 Å². The monoisotopic (exact) mass is 448 g/mol. The molecule has 0 saturated carbocycles. The van der Waals surface area contributed by atoms with Gasteiger partial charge in [-0.05, 0) is 31.7 Å². The minimum absolute atomic E-state index is 0.00186. The molecular formula is C22H32N4O6. The largest absolute Gasteiger partial charge is 0.480 e. The number of piperidine rings is 1. The van der Waals surface area contributed by atoms with Crippen molar-refractivity contribution in [3.05, 3.63) is 35.4 Å².